The quantitative estimate of drug-likeness (QED) is 0.190. The van der Waals surface area contributed by atoms with Gasteiger partial charge in [-0.05, 0) is 18.1 Å². The first kappa shape index (κ1) is 31.5. The van der Waals surface area contributed by atoms with Crippen molar-refractivity contribution in [1.82, 2.24) is 14.9 Å². The van der Waals surface area contributed by atoms with E-state index in [0.29, 0.717) is 0 Å². The smallest absolute Gasteiger partial charge is 0.394 e. The summed E-state index contributed by atoms with van der Waals surface area (Å²) in [5.74, 6) is 2.25. The number of nitrogens with one attached hydrogen (secondary N) is 2. The van der Waals surface area contributed by atoms with Crippen molar-refractivity contribution >= 4 is 11.6 Å². The molecule has 1 aromatic heterocycles. The molecule has 3 rings (SSSR count). The standard InChI is InChI=1S/C25H27F3N4O9/c1-13(2)21(16-6-5-14(8-17(16)32(38)39)4-3-7-29-23(36)25(26,27)28)40-12-15-10-31(24(37)30-22(15)35)20-9-18(34)19(11-33)41-20/h5-6,8,10,13,18-21,33-34H,7,9,11-12H2,1-2H3,(H,29,36)(H,30,35,37)/t18-,19+,20+,21+/m0/s1. The Balaban J connectivity index is 1.82. The number of aliphatic hydroxyl groups excluding tert-OH is 2. The Morgan fingerprint density at radius 3 is 2.66 bits per heavy atom. The highest BCUT2D eigenvalue weighted by molar-refractivity contribution is 5.81. The molecule has 1 aliphatic heterocycles. The maximum atomic E-state index is 12.5. The van der Waals surface area contributed by atoms with Crippen LogP contribution in [0.1, 0.15) is 49.3 Å². The molecular formula is C25H27F3N4O9. The third kappa shape index (κ3) is 7.79. The largest absolute Gasteiger partial charge is 0.471 e. The van der Waals surface area contributed by atoms with Crippen LogP contribution < -0.4 is 16.6 Å². The van der Waals surface area contributed by atoms with E-state index in [4.69, 9.17) is 9.47 Å². The second-order valence-corrected chi connectivity index (χ2v) is 9.42. The molecule has 2 heterocycles. The van der Waals surface area contributed by atoms with Gasteiger partial charge in [-0.2, -0.15) is 13.2 Å². The lowest BCUT2D eigenvalue weighted by molar-refractivity contribution is -0.386. The van der Waals surface area contributed by atoms with Crippen LogP contribution in [0.3, 0.4) is 0 Å². The van der Waals surface area contributed by atoms with Gasteiger partial charge in [0, 0.05) is 24.2 Å². The molecule has 0 bridgehead atoms. The number of amides is 1. The number of hydrogen-bond donors (Lipinski definition) is 4. The summed E-state index contributed by atoms with van der Waals surface area (Å²) in [5.41, 5.74) is -1.72. The van der Waals surface area contributed by atoms with Gasteiger partial charge >= 0.3 is 17.8 Å². The highest BCUT2D eigenvalue weighted by atomic mass is 19.4. The lowest BCUT2D eigenvalue weighted by Crippen LogP contribution is -2.36. The Morgan fingerprint density at radius 2 is 2.07 bits per heavy atom. The van der Waals surface area contributed by atoms with Gasteiger partial charge in [-0.1, -0.05) is 25.7 Å². The van der Waals surface area contributed by atoms with Crippen molar-refractivity contribution < 1.29 is 42.6 Å². The third-order valence-electron chi connectivity index (χ3n) is 6.12. The number of H-pyrrole nitrogens is 1. The molecule has 1 fully saturated rings. The number of hydrogen-bond acceptors (Lipinski definition) is 9. The van der Waals surface area contributed by atoms with E-state index in [1.54, 1.807) is 19.2 Å². The summed E-state index contributed by atoms with van der Waals surface area (Å²) >= 11 is 0. The number of carbonyl (C=O) groups excluding carboxylic acids is 1. The highest BCUT2D eigenvalue weighted by Crippen LogP contribution is 2.34. The van der Waals surface area contributed by atoms with Crippen molar-refractivity contribution in [2.24, 2.45) is 5.92 Å². The number of alkyl halides is 3. The molecule has 1 amide bonds. The lowest BCUT2D eigenvalue weighted by Gasteiger charge is -2.22. The first-order valence-corrected chi connectivity index (χ1v) is 12.3. The number of nitro groups is 1. The van der Waals surface area contributed by atoms with Gasteiger partial charge in [-0.15, -0.1) is 0 Å². The molecule has 222 valence electrons. The van der Waals surface area contributed by atoms with Crippen LogP contribution in [0, 0.1) is 27.9 Å². The number of rotatable bonds is 9. The van der Waals surface area contributed by atoms with Crippen LogP contribution in [-0.2, 0) is 20.9 Å². The summed E-state index contributed by atoms with van der Waals surface area (Å²) in [6.45, 7) is 1.97. The number of aromatic amines is 1. The van der Waals surface area contributed by atoms with Gasteiger partial charge < -0.3 is 25.0 Å². The molecule has 41 heavy (non-hydrogen) atoms. The summed E-state index contributed by atoms with van der Waals surface area (Å²) in [7, 11) is 0. The van der Waals surface area contributed by atoms with E-state index in [0.717, 1.165) is 10.6 Å². The molecule has 4 N–H and O–H groups in total. The monoisotopic (exact) mass is 584 g/mol. The summed E-state index contributed by atoms with van der Waals surface area (Å²) < 4.78 is 49.2. The molecule has 2 aromatic rings. The molecule has 1 aliphatic rings. The van der Waals surface area contributed by atoms with Crippen LogP contribution in [0.4, 0.5) is 18.9 Å². The fourth-order valence-corrected chi connectivity index (χ4v) is 4.11. The summed E-state index contributed by atoms with van der Waals surface area (Å²) in [6, 6.07) is 3.88. The fraction of sp³-hybridized carbons (Fsp3) is 0.480. The summed E-state index contributed by atoms with van der Waals surface area (Å²) in [5, 5.41) is 32.7. The molecule has 4 atom stereocenters. The van der Waals surface area contributed by atoms with E-state index in [1.807, 2.05) is 0 Å². The van der Waals surface area contributed by atoms with E-state index in [-0.39, 0.29) is 35.6 Å². The summed E-state index contributed by atoms with van der Waals surface area (Å²) in [4.78, 5) is 49.0. The molecule has 0 unspecified atom stereocenters. The van der Waals surface area contributed by atoms with Gasteiger partial charge in [0.15, 0.2) is 0 Å². The molecule has 1 aromatic carbocycles. The second kappa shape index (κ2) is 13.1. The van der Waals surface area contributed by atoms with E-state index in [2.05, 4.69) is 16.8 Å². The van der Waals surface area contributed by atoms with Gasteiger partial charge in [0.05, 0.1) is 48.0 Å². The van der Waals surface area contributed by atoms with E-state index in [1.165, 1.54) is 18.3 Å². The van der Waals surface area contributed by atoms with Gasteiger partial charge in [0.2, 0.25) is 0 Å². The number of aromatic nitrogens is 2. The first-order chi connectivity index (χ1) is 19.2. The third-order valence-corrected chi connectivity index (χ3v) is 6.12. The number of nitrogens with zero attached hydrogens (tertiary/aromatic N) is 2. The van der Waals surface area contributed by atoms with Crippen LogP contribution in [0.5, 0.6) is 0 Å². The van der Waals surface area contributed by atoms with Gasteiger partial charge in [-0.25, -0.2) is 4.79 Å². The molecule has 0 aliphatic carbocycles. The zero-order chi connectivity index (χ0) is 30.5. The number of halogens is 3. The van der Waals surface area contributed by atoms with Crippen LogP contribution in [0.15, 0.2) is 34.0 Å². The van der Waals surface area contributed by atoms with Gasteiger partial charge in [-0.3, -0.25) is 29.3 Å². The van der Waals surface area contributed by atoms with Crippen LogP contribution in [-0.4, -0.2) is 62.1 Å². The second-order valence-electron chi connectivity index (χ2n) is 9.42. The van der Waals surface area contributed by atoms with Crippen molar-refractivity contribution in [3.8, 4) is 11.8 Å². The molecule has 0 spiro atoms. The molecule has 0 radical (unpaired) electrons. The van der Waals surface area contributed by atoms with Crippen molar-refractivity contribution in [3.05, 3.63) is 72.0 Å². The highest BCUT2D eigenvalue weighted by Gasteiger charge is 2.38. The Labute approximate surface area is 230 Å². The molecule has 1 saturated heterocycles. The summed E-state index contributed by atoms with van der Waals surface area (Å²) in [6.07, 6.45) is -7.68. The molecule has 13 nitrogen and oxygen atoms in total. The molecular weight excluding hydrogens is 557 g/mol. The minimum absolute atomic E-state index is 0.00756. The Kier molecular flexibility index (Phi) is 10.0. The van der Waals surface area contributed by atoms with Crippen LogP contribution in [0.2, 0.25) is 0 Å². The lowest BCUT2D eigenvalue weighted by atomic mass is 9.96. The number of aliphatic hydroxyl groups is 2. The van der Waals surface area contributed by atoms with E-state index < -0.39 is 71.6 Å². The van der Waals surface area contributed by atoms with Crippen molar-refractivity contribution in [2.75, 3.05) is 13.2 Å². The Bertz CT molecular complexity index is 1460. The Hall–Kier alpha value is -4.04. The molecule has 16 heteroatoms. The van der Waals surface area contributed by atoms with Crippen molar-refractivity contribution in [3.63, 3.8) is 0 Å². The zero-order valence-electron chi connectivity index (χ0n) is 21.8. The number of benzene rings is 1. The van der Waals surface area contributed by atoms with Gasteiger partial charge in [0.25, 0.3) is 11.2 Å². The number of ether oxygens (including phenoxy) is 2. The zero-order valence-corrected chi connectivity index (χ0v) is 21.8. The fourth-order valence-electron chi connectivity index (χ4n) is 4.11. The number of carbonyl (C=O) groups is 1. The normalized spacial score (nSPS) is 19.5. The maximum Gasteiger partial charge on any atom is 0.471 e. The first-order valence-electron chi connectivity index (χ1n) is 12.3. The van der Waals surface area contributed by atoms with E-state index >= 15 is 0 Å². The minimum atomic E-state index is -5.06. The predicted octanol–water partition coefficient (Wildman–Crippen LogP) is 1.03. The average Bonchev–Trinajstić information content (AvgIpc) is 3.27. The van der Waals surface area contributed by atoms with E-state index in [9.17, 15) is 47.9 Å². The van der Waals surface area contributed by atoms with Crippen LogP contribution >= 0.6 is 0 Å². The average molecular weight is 585 g/mol. The minimum Gasteiger partial charge on any atom is -0.394 e. The topological polar surface area (TPSA) is 186 Å². The number of nitro benzene ring substituents is 1. The van der Waals surface area contributed by atoms with Crippen molar-refractivity contribution in [1.29, 1.82) is 0 Å². The van der Waals surface area contributed by atoms with Gasteiger partial charge in [0.1, 0.15) is 12.3 Å². The Morgan fingerprint density at radius 1 is 1.37 bits per heavy atom. The SMILES string of the molecule is CC(C)[C@@H](OCc1cn([C@H]2C[C@H](O)[C@@H](CO)O2)c(=O)[nH]c1=O)c1ccc(C#CCNC(=O)C(F)(F)F)cc1[N+](=O)[O-]. The predicted molar refractivity (Wildman–Crippen MR) is 134 cm³/mol. The van der Waals surface area contributed by atoms with Crippen molar-refractivity contribution in [2.45, 2.75) is 57.6 Å². The maximum absolute atomic E-state index is 12.5. The molecule has 0 saturated carbocycles. The van der Waals surface area contributed by atoms with Crippen LogP contribution in [0.25, 0.3) is 0 Å².